The predicted molar refractivity (Wildman–Crippen MR) is 113 cm³/mol. The third-order valence-electron chi connectivity index (χ3n) is 4.95. The van der Waals surface area contributed by atoms with Gasteiger partial charge in [-0.15, -0.1) is 11.3 Å². The number of nitrogens with one attached hydrogen (secondary N) is 1. The molecule has 1 fully saturated rings. The van der Waals surface area contributed by atoms with Gasteiger partial charge in [-0.1, -0.05) is 29.8 Å². The molecule has 0 bridgehead atoms. The topological polar surface area (TPSA) is 102 Å². The average Bonchev–Trinajstić information content (AvgIpc) is 3.11. The number of anilines is 1. The minimum absolute atomic E-state index is 0.129. The van der Waals surface area contributed by atoms with Gasteiger partial charge in [-0.3, -0.25) is 14.5 Å². The van der Waals surface area contributed by atoms with Crippen LogP contribution in [0.1, 0.15) is 23.2 Å². The lowest BCUT2D eigenvalue weighted by Crippen LogP contribution is -2.42. The Morgan fingerprint density at radius 1 is 1.24 bits per heavy atom. The summed E-state index contributed by atoms with van der Waals surface area (Å²) in [5, 5.41) is 5.52. The van der Waals surface area contributed by atoms with Gasteiger partial charge in [0.2, 0.25) is 11.8 Å². The van der Waals surface area contributed by atoms with Crippen molar-refractivity contribution < 1.29 is 19.1 Å². The number of methoxy groups -OCH3 is 1. The van der Waals surface area contributed by atoms with E-state index in [4.69, 9.17) is 22.1 Å². The number of benzene rings is 1. The Kier molecular flexibility index (Phi) is 6.89. The number of thiophene rings is 1. The second-order valence-electron chi connectivity index (χ2n) is 6.83. The molecule has 1 saturated heterocycles. The molecule has 0 unspecified atom stereocenters. The summed E-state index contributed by atoms with van der Waals surface area (Å²) in [4.78, 5) is 38.2. The fourth-order valence-corrected chi connectivity index (χ4v) is 4.58. The minimum atomic E-state index is -0.543. The highest BCUT2D eigenvalue weighted by Crippen LogP contribution is 2.39. The van der Waals surface area contributed by atoms with E-state index in [0.717, 1.165) is 0 Å². The molecular weight excluding hydrogens is 414 g/mol. The van der Waals surface area contributed by atoms with Crippen molar-refractivity contribution in [3.63, 3.8) is 0 Å². The highest BCUT2D eigenvalue weighted by Gasteiger charge is 2.26. The van der Waals surface area contributed by atoms with Gasteiger partial charge in [0.25, 0.3) is 0 Å². The largest absolute Gasteiger partial charge is 0.465 e. The van der Waals surface area contributed by atoms with E-state index in [1.165, 1.54) is 18.4 Å². The van der Waals surface area contributed by atoms with Crippen LogP contribution in [0.15, 0.2) is 29.6 Å². The summed E-state index contributed by atoms with van der Waals surface area (Å²) >= 11 is 7.53. The molecule has 154 valence electrons. The number of carbonyl (C=O) groups excluding carboxylic acids is 3. The summed E-state index contributed by atoms with van der Waals surface area (Å²) in [6.45, 7) is 1.42. The van der Waals surface area contributed by atoms with E-state index in [0.29, 0.717) is 47.1 Å². The van der Waals surface area contributed by atoms with Gasteiger partial charge >= 0.3 is 5.97 Å². The van der Waals surface area contributed by atoms with Crippen LogP contribution in [0.25, 0.3) is 11.1 Å². The zero-order chi connectivity index (χ0) is 21.0. The first-order valence-electron chi connectivity index (χ1n) is 9.17. The van der Waals surface area contributed by atoms with Crippen molar-refractivity contribution in [2.75, 3.05) is 32.1 Å². The van der Waals surface area contributed by atoms with Crippen LogP contribution in [0, 0.1) is 5.92 Å². The number of nitrogens with zero attached hydrogens (tertiary/aromatic N) is 1. The molecule has 1 aromatic carbocycles. The summed E-state index contributed by atoms with van der Waals surface area (Å²) in [5.41, 5.74) is 6.94. The smallest absolute Gasteiger partial charge is 0.341 e. The first kappa shape index (κ1) is 21.3. The molecule has 0 aliphatic carbocycles. The van der Waals surface area contributed by atoms with Crippen molar-refractivity contribution in [3.8, 4) is 11.1 Å². The Morgan fingerprint density at radius 2 is 1.93 bits per heavy atom. The molecule has 0 saturated carbocycles. The lowest BCUT2D eigenvalue weighted by atomic mass is 9.96. The van der Waals surface area contributed by atoms with Gasteiger partial charge in [-0.2, -0.15) is 0 Å². The molecule has 0 radical (unpaired) electrons. The molecule has 1 aliphatic heterocycles. The van der Waals surface area contributed by atoms with Crippen molar-refractivity contribution in [1.82, 2.24) is 4.90 Å². The molecule has 3 N–H and O–H groups in total. The second-order valence-corrected chi connectivity index (χ2v) is 8.11. The Hall–Kier alpha value is -2.42. The van der Waals surface area contributed by atoms with E-state index >= 15 is 0 Å². The molecule has 2 aromatic rings. The molecule has 1 aliphatic rings. The van der Waals surface area contributed by atoms with Crippen LogP contribution >= 0.6 is 22.9 Å². The number of ether oxygens (including phenoxy) is 1. The fraction of sp³-hybridized carbons (Fsp3) is 0.350. The molecule has 9 heteroatoms. The van der Waals surface area contributed by atoms with Crippen LogP contribution in [0.2, 0.25) is 5.02 Å². The van der Waals surface area contributed by atoms with Crippen molar-refractivity contribution in [2.45, 2.75) is 12.8 Å². The highest BCUT2D eigenvalue weighted by atomic mass is 35.5. The molecule has 29 heavy (non-hydrogen) atoms. The molecule has 0 spiro atoms. The zero-order valence-electron chi connectivity index (χ0n) is 15.9. The number of piperidine rings is 1. The molecule has 0 atom stereocenters. The number of esters is 1. The van der Waals surface area contributed by atoms with E-state index in [1.54, 1.807) is 17.5 Å². The predicted octanol–water partition coefficient (Wildman–Crippen LogP) is 2.99. The molecule has 7 nitrogen and oxygen atoms in total. The van der Waals surface area contributed by atoms with Gasteiger partial charge in [-0.05, 0) is 32.0 Å². The maximum Gasteiger partial charge on any atom is 0.341 e. The lowest BCUT2D eigenvalue weighted by Gasteiger charge is -2.29. The molecule has 1 aromatic heterocycles. The minimum Gasteiger partial charge on any atom is -0.465 e. The number of amides is 2. The average molecular weight is 436 g/mol. The number of carbonyl (C=O) groups is 3. The molecular formula is C20H22ClN3O4S. The molecule has 3 rings (SSSR count). The van der Waals surface area contributed by atoms with Gasteiger partial charge in [-0.25, -0.2) is 4.79 Å². The third-order valence-corrected chi connectivity index (χ3v) is 6.18. The summed E-state index contributed by atoms with van der Waals surface area (Å²) in [5.74, 6) is -1.20. The Bertz CT molecular complexity index is 922. The zero-order valence-corrected chi connectivity index (χ0v) is 17.5. The molecule has 2 heterocycles. The van der Waals surface area contributed by atoms with Gasteiger partial charge in [0, 0.05) is 27.4 Å². The Morgan fingerprint density at radius 3 is 2.55 bits per heavy atom. The van der Waals surface area contributed by atoms with E-state index in [2.05, 4.69) is 5.32 Å². The van der Waals surface area contributed by atoms with E-state index in [-0.39, 0.29) is 29.8 Å². The van der Waals surface area contributed by atoms with E-state index in [1.807, 2.05) is 17.0 Å². The van der Waals surface area contributed by atoms with Crippen molar-refractivity contribution >= 4 is 45.7 Å². The normalized spacial score (nSPS) is 15.1. The number of halogens is 1. The van der Waals surface area contributed by atoms with Gasteiger partial charge in [0.1, 0.15) is 10.6 Å². The first-order chi connectivity index (χ1) is 13.9. The number of hydrogen-bond donors (Lipinski definition) is 2. The van der Waals surface area contributed by atoms with E-state index < -0.39 is 5.97 Å². The summed E-state index contributed by atoms with van der Waals surface area (Å²) < 4.78 is 4.92. The number of nitrogens with two attached hydrogens (primary N) is 1. The van der Waals surface area contributed by atoms with Crippen LogP contribution in [0.4, 0.5) is 5.00 Å². The standard InChI is InChI=1S/C20H22ClN3O4S/c1-28-20(27)17-14(13-4-2-3-5-15(13)21)11-29-19(17)23-16(25)10-24-8-6-12(7-9-24)18(22)26/h2-5,11-12H,6-10H2,1H3,(H2,22,26)(H,23,25). The quantitative estimate of drug-likeness (QED) is 0.679. The maximum atomic E-state index is 12.6. The van der Waals surface area contributed by atoms with Crippen LogP contribution in [0.5, 0.6) is 0 Å². The van der Waals surface area contributed by atoms with E-state index in [9.17, 15) is 14.4 Å². The van der Waals surface area contributed by atoms with Crippen molar-refractivity contribution in [2.24, 2.45) is 11.7 Å². The van der Waals surface area contributed by atoms with Crippen LogP contribution in [-0.4, -0.2) is 49.4 Å². The van der Waals surface area contributed by atoms with Gasteiger partial charge in [0.15, 0.2) is 0 Å². The number of rotatable bonds is 6. The number of hydrogen-bond acceptors (Lipinski definition) is 6. The first-order valence-corrected chi connectivity index (χ1v) is 10.4. The Labute approximate surface area is 177 Å². The highest BCUT2D eigenvalue weighted by molar-refractivity contribution is 7.15. The SMILES string of the molecule is COC(=O)c1c(-c2ccccc2Cl)csc1NC(=O)CN1CCC(C(N)=O)CC1. The summed E-state index contributed by atoms with van der Waals surface area (Å²) in [6, 6.07) is 7.18. The maximum absolute atomic E-state index is 12.6. The van der Waals surface area contributed by atoms with Crippen LogP contribution in [-0.2, 0) is 14.3 Å². The fourth-order valence-electron chi connectivity index (χ4n) is 3.38. The lowest BCUT2D eigenvalue weighted by molar-refractivity contribution is -0.123. The van der Waals surface area contributed by atoms with Crippen molar-refractivity contribution in [1.29, 1.82) is 0 Å². The third kappa shape index (κ3) is 4.95. The monoisotopic (exact) mass is 435 g/mol. The van der Waals surface area contributed by atoms with Crippen LogP contribution in [0.3, 0.4) is 0 Å². The van der Waals surface area contributed by atoms with Gasteiger partial charge in [0.05, 0.1) is 13.7 Å². The number of likely N-dealkylation sites (tertiary alicyclic amines) is 1. The summed E-state index contributed by atoms with van der Waals surface area (Å²) in [7, 11) is 1.30. The Balaban J connectivity index is 1.74. The second kappa shape index (κ2) is 9.39. The van der Waals surface area contributed by atoms with Crippen molar-refractivity contribution in [3.05, 3.63) is 40.2 Å². The number of primary amides is 1. The van der Waals surface area contributed by atoms with Gasteiger partial charge < -0.3 is 15.8 Å². The summed E-state index contributed by atoms with van der Waals surface area (Å²) in [6.07, 6.45) is 1.29. The molecule has 2 amide bonds. The van der Waals surface area contributed by atoms with Crippen LogP contribution < -0.4 is 11.1 Å².